The van der Waals surface area contributed by atoms with Gasteiger partial charge in [0, 0.05) is 11.5 Å². The summed E-state index contributed by atoms with van der Waals surface area (Å²) in [5.74, 6) is 3.40. The van der Waals surface area contributed by atoms with Gasteiger partial charge in [-0.1, -0.05) is 24.3 Å². The molecule has 0 radical (unpaired) electrons. The smallest absolute Gasteiger partial charge is 0.234 e. The van der Waals surface area contributed by atoms with Crippen molar-refractivity contribution in [3.8, 4) is 11.5 Å². The van der Waals surface area contributed by atoms with Gasteiger partial charge in [-0.05, 0) is 24.3 Å². The van der Waals surface area contributed by atoms with Gasteiger partial charge in [0.1, 0.15) is 11.5 Å². The average Bonchev–Trinajstić information content (AvgIpc) is 2.71. The van der Waals surface area contributed by atoms with Gasteiger partial charge in [0.15, 0.2) is 0 Å². The predicted octanol–water partition coefficient (Wildman–Crippen LogP) is 3.75. The zero-order valence-electron chi connectivity index (χ0n) is 15.9. The van der Waals surface area contributed by atoms with Crippen molar-refractivity contribution >= 4 is 46.7 Å². The van der Waals surface area contributed by atoms with Crippen LogP contribution in [0.3, 0.4) is 0 Å². The first-order chi connectivity index (χ1) is 13.6. The lowest BCUT2D eigenvalue weighted by molar-refractivity contribution is -0.114. The van der Waals surface area contributed by atoms with Gasteiger partial charge < -0.3 is 20.1 Å². The molecule has 2 aromatic carbocycles. The molecule has 0 saturated heterocycles. The number of ether oxygens (including phenoxy) is 2. The lowest BCUT2D eigenvalue weighted by Gasteiger charge is -2.10. The normalized spacial score (nSPS) is 10.2. The third kappa shape index (κ3) is 7.36. The van der Waals surface area contributed by atoms with Crippen molar-refractivity contribution in [3.63, 3.8) is 0 Å². The van der Waals surface area contributed by atoms with Crippen molar-refractivity contribution in [1.29, 1.82) is 0 Å². The molecule has 0 aliphatic heterocycles. The highest BCUT2D eigenvalue weighted by Gasteiger charge is 2.08. The average molecular weight is 421 g/mol. The third-order valence-corrected chi connectivity index (χ3v) is 5.78. The molecule has 8 heteroatoms. The van der Waals surface area contributed by atoms with Gasteiger partial charge in [0.2, 0.25) is 11.8 Å². The van der Waals surface area contributed by atoms with Crippen molar-refractivity contribution < 1.29 is 19.1 Å². The number of nitrogens with one attached hydrogen (secondary N) is 2. The number of hydrogen-bond donors (Lipinski definition) is 2. The maximum absolute atomic E-state index is 12.0. The highest BCUT2D eigenvalue weighted by molar-refractivity contribution is 8.03. The molecule has 0 bridgehead atoms. The van der Waals surface area contributed by atoms with Gasteiger partial charge >= 0.3 is 0 Å². The molecule has 150 valence electrons. The summed E-state index contributed by atoms with van der Waals surface area (Å²) in [5.41, 5.74) is 1.33. The van der Waals surface area contributed by atoms with Crippen molar-refractivity contribution in [2.45, 2.75) is 0 Å². The van der Waals surface area contributed by atoms with Crippen LogP contribution in [0.5, 0.6) is 11.5 Å². The van der Waals surface area contributed by atoms with E-state index in [-0.39, 0.29) is 11.8 Å². The fourth-order valence-electron chi connectivity index (χ4n) is 2.32. The standard InChI is InChI=1S/C20H24N2O4S2/c1-25-17-9-5-3-7-15(17)21-19(23)13-27-11-12-28-14-20(24)22-16-8-4-6-10-18(16)26-2/h3-10H,11-14H2,1-2H3,(H,21,23)(H,22,24). The van der Waals surface area contributed by atoms with Crippen LogP contribution in [0.1, 0.15) is 0 Å². The van der Waals surface area contributed by atoms with Crippen molar-refractivity contribution in [3.05, 3.63) is 48.5 Å². The van der Waals surface area contributed by atoms with Crippen LogP contribution in [-0.4, -0.2) is 49.0 Å². The van der Waals surface area contributed by atoms with E-state index in [1.165, 1.54) is 23.5 Å². The van der Waals surface area contributed by atoms with Gasteiger partial charge in [-0.25, -0.2) is 0 Å². The lowest BCUT2D eigenvalue weighted by atomic mass is 10.3. The van der Waals surface area contributed by atoms with Crippen LogP contribution < -0.4 is 20.1 Å². The predicted molar refractivity (Wildman–Crippen MR) is 118 cm³/mol. The summed E-state index contributed by atoms with van der Waals surface area (Å²) < 4.78 is 10.4. The summed E-state index contributed by atoms with van der Waals surface area (Å²) in [4.78, 5) is 24.0. The zero-order chi connectivity index (χ0) is 20.2. The molecule has 0 aromatic heterocycles. The minimum atomic E-state index is -0.0755. The Balaban J connectivity index is 1.60. The number of thioether (sulfide) groups is 2. The number of para-hydroxylation sites is 4. The number of methoxy groups -OCH3 is 2. The first-order valence-corrected chi connectivity index (χ1v) is 11.0. The molecule has 0 atom stereocenters. The molecule has 28 heavy (non-hydrogen) atoms. The second kappa shape index (κ2) is 12.2. The molecule has 0 unspecified atom stereocenters. The SMILES string of the molecule is COc1ccccc1NC(=O)CSCCSCC(=O)Nc1ccccc1OC. The molecule has 2 aromatic rings. The van der Waals surface area contributed by atoms with Crippen LogP contribution in [0.4, 0.5) is 11.4 Å². The molecule has 0 saturated carbocycles. The summed E-state index contributed by atoms with van der Waals surface area (Å²) in [5, 5.41) is 5.68. The van der Waals surface area contributed by atoms with Crippen molar-refractivity contribution in [2.75, 3.05) is 47.9 Å². The third-order valence-electron chi connectivity index (χ3n) is 3.60. The Kier molecular flexibility index (Phi) is 9.57. The molecule has 6 nitrogen and oxygen atoms in total. The molecule has 0 fully saturated rings. The Morgan fingerprint density at radius 1 is 0.750 bits per heavy atom. The number of anilines is 2. The highest BCUT2D eigenvalue weighted by atomic mass is 32.2. The van der Waals surface area contributed by atoms with Gasteiger partial charge in [-0.15, -0.1) is 0 Å². The second-order valence-electron chi connectivity index (χ2n) is 5.60. The number of hydrogen-bond acceptors (Lipinski definition) is 6. The Bertz CT molecular complexity index is 721. The Hall–Kier alpha value is -2.32. The molecule has 0 aliphatic rings. The fraction of sp³-hybridized carbons (Fsp3) is 0.300. The number of benzene rings is 2. The summed E-state index contributed by atoms with van der Waals surface area (Å²) in [7, 11) is 3.14. The summed E-state index contributed by atoms with van der Waals surface area (Å²) in [6.07, 6.45) is 0. The van der Waals surface area contributed by atoms with E-state index >= 15 is 0 Å². The zero-order valence-corrected chi connectivity index (χ0v) is 17.5. The van der Waals surface area contributed by atoms with E-state index in [2.05, 4.69) is 10.6 Å². The molecule has 2 rings (SSSR count). The molecule has 0 spiro atoms. The van der Waals surface area contributed by atoms with Crippen LogP contribution in [0.25, 0.3) is 0 Å². The van der Waals surface area contributed by atoms with Gasteiger partial charge in [0.05, 0.1) is 37.1 Å². The van der Waals surface area contributed by atoms with Gasteiger partial charge in [-0.3, -0.25) is 9.59 Å². The number of rotatable bonds is 11. The van der Waals surface area contributed by atoms with Gasteiger partial charge in [-0.2, -0.15) is 23.5 Å². The summed E-state index contributed by atoms with van der Waals surface area (Å²) >= 11 is 3.06. The molecule has 2 amide bonds. The molecular weight excluding hydrogens is 396 g/mol. The quantitative estimate of drug-likeness (QED) is 0.539. The summed E-state index contributed by atoms with van der Waals surface area (Å²) in [6.45, 7) is 0. The Morgan fingerprint density at radius 3 is 1.54 bits per heavy atom. The minimum Gasteiger partial charge on any atom is -0.495 e. The van der Waals surface area contributed by atoms with Crippen molar-refractivity contribution in [2.24, 2.45) is 0 Å². The Labute approximate surface area is 173 Å². The second-order valence-corrected chi connectivity index (χ2v) is 7.81. The van der Waals surface area contributed by atoms with Crippen LogP contribution in [-0.2, 0) is 9.59 Å². The van der Waals surface area contributed by atoms with Crippen LogP contribution >= 0.6 is 23.5 Å². The number of carbonyl (C=O) groups is 2. The van der Waals surface area contributed by atoms with E-state index in [9.17, 15) is 9.59 Å². The van der Waals surface area contributed by atoms with Crippen LogP contribution in [0.2, 0.25) is 0 Å². The lowest BCUT2D eigenvalue weighted by Crippen LogP contribution is -2.16. The molecule has 2 N–H and O–H groups in total. The maximum Gasteiger partial charge on any atom is 0.234 e. The van der Waals surface area contributed by atoms with Gasteiger partial charge in [0.25, 0.3) is 0 Å². The van der Waals surface area contributed by atoms with Crippen LogP contribution in [0, 0.1) is 0 Å². The van der Waals surface area contributed by atoms with E-state index in [1.807, 2.05) is 24.3 Å². The summed E-state index contributed by atoms with van der Waals surface area (Å²) in [6, 6.07) is 14.6. The monoisotopic (exact) mass is 420 g/mol. The van der Waals surface area contributed by atoms with E-state index in [0.29, 0.717) is 34.4 Å². The van der Waals surface area contributed by atoms with Crippen LogP contribution in [0.15, 0.2) is 48.5 Å². The maximum atomic E-state index is 12.0. The highest BCUT2D eigenvalue weighted by Crippen LogP contribution is 2.24. The number of amides is 2. The Morgan fingerprint density at radius 2 is 1.14 bits per heavy atom. The molecular formula is C20H24N2O4S2. The van der Waals surface area contributed by atoms with E-state index in [4.69, 9.17) is 9.47 Å². The first kappa shape index (κ1) is 22.0. The van der Waals surface area contributed by atoms with E-state index < -0.39 is 0 Å². The van der Waals surface area contributed by atoms with E-state index in [1.54, 1.807) is 38.5 Å². The first-order valence-electron chi connectivity index (χ1n) is 8.65. The minimum absolute atomic E-state index is 0.0755. The molecule has 0 aliphatic carbocycles. The fourth-order valence-corrected chi connectivity index (χ4v) is 4.06. The topological polar surface area (TPSA) is 76.7 Å². The van der Waals surface area contributed by atoms with Crippen molar-refractivity contribution in [1.82, 2.24) is 0 Å². The van der Waals surface area contributed by atoms with E-state index in [0.717, 1.165) is 11.5 Å². The number of carbonyl (C=O) groups excluding carboxylic acids is 2. The largest absolute Gasteiger partial charge is 0.495 e. The molecule has 0 heterocycles.